The van der Waals surface area contributed by atoms with Crippen LogP contribution >= 0.6 is 0 Å². The zero-order valence-corrected chi connectivity index (χ0v) is 15.5. The van der Waals surface area contributed by atoms with Gasteiger partial charge in [-0.05, 0) is 5.56 Å². The van der Waals surface area contributed by atoms with Crippen LogP contribution in [0.2, 0.25) is 0 Å². The molecular weight excluding hydrogens is 368 g/mol. The maximum absolute atomic E-state index is 13.1. The zero-order chi connectivity index (χ0) is 20.1. The van der Waals surface area contributed by atoms with Gasteiger partial charge in [-0.25, -0.2) is 9.73 Å². The number of aromatic amines is 1. The van der Waals surface area contributed by atoms with Crippen molar-refractivity contribution in [2.24, 2.45) is 12.8 Å². The largest absolute Gasteiger partial charge is 0.364 e. The van der Waals surface area contributed by atoms with Gasteiger partial charge in [-0.2, -0.15) is 4.98 Å². The van der Waals surface area contributed by atoms with Crippen molar-refractivity contribution in [1.82, 2.24) is 24.4 Å². The fourth-order valence-electron chi connectivity index (χ4n) is 3.83. The lowest BCUT2D eigenvalue weighted by atomic mass is 10.1. The maximum Gasteiger partial charge on any atom is 0.283 e. The lowest BCUT2D eigenvalue weighted by Crippen LogP contribution is -2.15. The third kappa shape index (κ3) is 2.39. The fraction of sp³-hybridized carbons (Fsp3) is 0.0476. The van der Waals surface area contributed by atoms with E-state index >= 15 is 0 Å². The Bertz CT molecular complexity index is 1450. The van der Waals surface area contributed by atoms with E-state index in [1.807, 2.05) is 72.3 Å². The van der Waals surface area contributed by atoms with Crippen molar-refractivity contribution >= 4 is 22.5 Å². The van der Waals surface area contributed by atoms with Gasteiger partial charge >= 0.3 is 0 Å². The summed E-state index contributed by atoms with van der Waals surface area (Å²) in [6, 6.07) is 19.4. The summed E-state index contributed by atoms with van der Waals surface area (Å²) in [5, 5.41) is 7.22. The first-order valence-electron chi connectivity index (χ1n) is 8.98. The number of hydrogen-bond acceptors (Lipinski definition) is 4. The molecule has 29 heavy (non-hydrogen) atoms. The van der Waals surface area contributed by atoms with Crippen molar-refractivity contribution in [3.63, 3.8) is 0 Å². The molecular formula is C21H16N6O2. The second kappa shape index (κ2) is 6.16. The van der Waals surface area contributed by atoms with Crippen LogP contribution in [-0.2, 0) is 7.05 Å². The summed E-state index contributed by atoms with van der Waals surface area (Å²) in [4.78, 5) is 29.0. The molecule has 3 aromatic heterocycles. The van der Waals surface area contributed by atoms with Crippen LogP contribution in [0.15, 0.2) is 65.5 Å². The number of amides is 1. The van der Waals surface area contributed by atoms with E-state index in [-0.39, 0.29) is 11.3 Å². The van der Waals surface area contributed by atoms with Crippen LogP contribution in [0.5, 0.6) is 0 Å². The average Bonchev–Trinajstić information content (AvgIpc) is 3.28. The molecule has 0 fully saturated rings. The number of primary amides is 1. The van der Waals surface area contributed by atoms with Gasteiger partial charge in [-0.15, -0.1) is 5.10 Å². The van der Waals surface area contributed by atoms with Gasteiger partial charge in [0.15, 0.2) is 11.3 Å². The first-order valence-corrected chi connectivity index (χ1v) is 8.98. The van der Waals surface area contributed by atoms with E-state index in [4.69, 9.17) is 5.73 Å². The molecule has 3 N–H and O–H groups in total. The summed E-state index contributed by atoms with van der Waals surface area (Å²) >= 11 is 0. The number of fused-ring (bicyclic) bond motifs is 3. The summed E-state index contributed by atoms with van der Waals surface area (Å²) in [5.41, 5.74) is 8.93. The highest BCUT2D eigenvalue weighted by Crippen LogP contribution is 2.36. The van der Waals surface area contributed by atoms with Crippen LogP contribution in [0.1, 0.15) is 10.5 Å². The van der Waals surface area contributed by atoms with Crippen LogP contribution in [0.4, 0.5) is 0 Å². The van der Waals surface area contributed by atoms with Crippen LogP contribution in [0.25, 0.3) is 39.1 Å². The van der Waals surface area contributed by atoms with Crippen molar-refractivity contribution in [2.45, 2.75) is 0 Å². The summed E-state index contributed by atoms with van der Waals surface area (Å²) < 4.78 is 3.52. The molecule has 2 aromatic carbocycles. The van der Waals surface area contributed by atoms with Crippen LogP contribution in [0, 0.1) is 0 Å². The van der Waals surface area contributed by atoms with Gasteiger partial charge in [0.1, 0.15) is 5.52 Å². The highest BCUT2D eigenvalue weighted by atomic mass is 16.1. The van der Waals surface area contributed by atoms with E-state index in [2.05, 4.69) is 15.3 Å². The molecule has 5 rings (SSSR count). The molecule has 0 aliphatic rings. The molecule has 0 atom stereocenters. The topological polar surface area (TPSA) is 111 Å². The molecule has 0 saturated carbocycles. The Kier molecular flexibility index (Phi) is 3.60. The summed E-state index contributed by atoms with van der Waals surface area (Å²) in [6.07, 6.45) is 0. The first kappa shape index (κ1) is 16.9. The molecule has 0 aliphatic carbocycles. The van der Waals surface area contributed by atoms with E-state index in [1.165, 1.54) is 0 Å². The molecule has 0 unspecified atom stereocenters. The van der Waals surface area contributed by atoms with Gasteiger partial charge in [-0.3, -0.25) is 9.59 Å². The minimum atomic E-state index is -0.754. The Morgan fingerprint density at radius 2 is 1.55 bits per heavy atom. The first-order chi connectivity index (χ1) is 14.1. The molecule has 0 spiro atoms. The normalized spacial score (nSPS) is 11.3. The molecule has 3 heterocycles. The number of carbonyl (C=O) groups excluding carboxylic acids is 1. The van der Waals surface area contributed by atoms with E-state index < -0.39 is 11.5 Å². The van der Waals surface area contributed by atoms with E-state index in [9.17, 15) is 9.59 Å². The molecule has 142 valence electrons. The lowest BCUT2D eigenvalue weighted by molar-refractivity contribution is 0.0997. The van der Waals surface area contributed by atoms with Crippen LogP contribution in [0.3, 0.4) is 0 Å². The third-order valence-electron chi connectivity index (χ3n) is 5.03. The number of hydrogen-bond donors (Lipinski definition) is 2. The summed E-state index contributed by atoms with van der Waals surface area (Å²) in [6.45, 7) is 0. The second-order valence-corrected chi connectivity index (χ2v) is 6.71. The summed E-state index contributed by atoms with van der Waals surface area (Å²) in [7, 11) is 1.90. The van der Waals surface area contributed by atoms with E-state index in [0.717, 1.165) is 22.5 Å². The van der Waals surface area contributed by atoms with Crippen LogP contribution in [-0.4, -0.2) is 30.3 Å². The number of nitrogens with one attached hydrogen (secondary N) is 1. The molecule has 5 aromatic rings. The predicted octanol–water partition coefficient (Wildman–Crippen LogP) is 2.34. The molecule has 0 radical (unpaired) electrons. The number of rotatable bonds is 3. The van der Waals surface area contributed by atoms with Gasteiger partial charge in [0.05, 0.1) is 16.8 Å². The Labute approximate surface area is 164 Å². The number of benzene rings is 2. The maximum atomic E-state index is 13.1. The van der Waals surface area contributed by atoms with Gasteiger partial charge in [0, 0.05) is 12.6 Å². The Hall–Kier alpha value is -4.20. The molecule has 1 amide bonds. The molecule has 0 bridgehead atoms. The van der Waals surface area contributed by atoms with Gasteiger partial charge < -0.3 is 10.3 Å². The molecule has 8 nitrogen and oxygen atoms in total. The lowest BCUT2D eigenvalue weighted by Gasteiger charge is -2.08. The smallest absolute Gasteiger partial charge is 0.283 e. The Morgan fingerprint density at radius 1 is 0.966 bits per heavy atom. The zero-order valence-electron chi connectivity index (χ0n) is 15.5. The molecule has 8 heteroatoms. The monoisotopic (exact) mass is 384 g/mol. The molecule has 0 saturated heterocycles. The number of nitrogens with zero attached hydrogens (tertiary/aromatic N) is 4. The van der Waals surface area contributed by atoms with Crippen molar-refractivity contribution < 1.29 is 4.79 Å². The highest BCUT2D eigenvalue weighted by molar-refractivity contribution is 6.05. The Morgan fingerprint density at radius 3 is 2.14 bits per heavy atom. The summed E-state index contributed by atoms with van der Waals surface area (Å²) in [5.74, 6) is -0.754. The van der Waals surface area contributed by atoms with E-state index in [0.29, 0.717) is 10.9 Å². The van der Waals surface area contributed by atoms with Crippen molar-refractivity contribution in [3.05, 3.63) is 76.7 Å². The predicted molar refractivity (Wildman–Crippen MR) is 109 cm³/mol. The average molecular weight is 384 g/mol. The number of H-pyrrole nitrogens is 1. The Balaban J connectivity index is 2.04. The standard InChI is InChI=1S/C21H16N6O2/c1-26-16(12-8-4-2-5-9-12)14-18(17(26)13-10-6-3-7-11-13)27-20(23-21(14)29)15(19(22)28)24-25-27/h2-11,25H,1H3,(H2,22,28). The van der Waals surface area contributed by atoms with Crippen molar-refractivity contribution in [1.29, 1.82) is 0 Å². The van der Waals surface area contributed by atoms with Gasteiger partial charge in [0.2, 0.25) is 0 Å². The number of carbonyl (C=O) groups is 1. The van der Waals surface area contributed by atoms with Crippen molar-refractivity contribution in [3.8, 4) is 22.5 Å². The van der Waals surface area contributed by atoms with Crippen molar-refractivity contribution in [2.75, 3.05) is 0 Å². The third-order valence-corrected chi connectivity index (χ3v) is 5.03. The minimum absolute atomic E-state index is 0.0758. The van der Waals surface area contributed by atoms with E-state index in [1.54, 1.807) is 4.52 Å². The fourth-order valence-corrected chi connectivity index (χ4v) is 3.83. The van der Waals surface area contributed by atoms with Gasteiger partial charge in [0.25, 0.3) is 11.5 Å². The quantitative estimate of drug-likeness (QED) is 0.497. The number of nitrogens with two attached hydrogens (primary N) is 1. The minimum Gasteiger partial charge on any atom is -0.364 e. The molecule has 0 aliphatic heterocycles. The van der Waals surface area contributed by atoms with Crippen LogP contribution < -0.4 is 11.3 Å². The SMILES string of the molecule is Cn1c(-c2ccccc2)c2c(=O)nc3c(C(N)=O)n[nH]n3c2c1-c1ccccc1. The second-order valence-electron chi connectivity index (χ2n) is 6.71. The van der Waals surface area contributed by atoms with Gasteiger partial charge in [-0.1, -0.05) is 60.7 Å². The number of aromatic nitrogens is 5. The highest BCUT2D eigenvalue weighted by Gasteiger charge is 2.25.